The molecule has 0 spiro atoms. The summed E-state index contributed by atoms with van der Waals surface area (Å²) < 4.78 is 54.8. The van der Waals surface area contributed by atoms with Gasteiger partial charge in [0.15, 0.2) is 11.4 Å². The number of hydrogen-bond donors (Lipinski definition) is 0. The molecule has 178 valence electrons. The zero-order valence-electron chi connectivity index (χ0n) is 18.3. The third-order valence-corrected chi connectivity index (χ3v) is 6.16. The molecule has 0 N–H and O–H groups in total. The number of aromatic nitrogens is 1. The van der Waals surface area contributed by atoms with Gasteiger partial charge in [-0.15, -0.1) is 0 Å². The van der Waals surface area contributed by atoms with Gasteiger partial charge >= 0.3 is 12.1 Å². The number of hydrogen-bond acceptors (Lipinski definition) is 6. The van der Waals surface area contributed by atoms with Crippen LogP contribution in [0.2, 0.25) is 0 Å². The molecule has 1 saturated carbocycles. The van der Waals surface area contributed by atoms with E-state index in [2.05, 4.69) is 4.98 Å². The van der Waals surface area contributed by atoms with Crippen molar-refractivity contribution in [2.24, 2.45) is 11.8 Å². The highest BCUT2D eigenvalue weighted by atomic mass is 19.4. The molecule has 0 aromatic carbocycles. The molecular formula is C22H29F3N2O5. The zero-order valence-corrected chi connectivity index (χ0v) is 18.3. The first-order valence-corrected chi connectivity index (χ1v) is 11.0. The first-order valence-electron chi connectivity index (χ1n) is 11.0. The number of nitrogens with zero attached hydrogens (tertiary/aromatic N) is 2. The monoisotopic (exact) mass is 458 g/mol. The van der Waals surface area contributed by atoms with Gasteiger partial charge in [0.05, 0.1) is 31.9 Å². The van der Waals surface area contributed by atoms with Crippen molar-refractivity contribution in [3.63, 3.8) is 0 Å². The van der Waals surface area contributed by atoms with E-state index in [4.69, 9.17) is 14.2 Å². The molecule has 1 unspecified atom stereocenters. The summed E-state index contributed by atoms with van der Waals surface area (Å²) in [6.07, 6.45) is -0.809. The van der Waals surface area contributed by atoms with Crippen LogP contribution < -0.4 is 9.47 Å². The van der Waals surface area contributed by atoms with E-state index in [0.29, 0.717) is 12.3 Å². The molecule has 0 radical (unpaired) electrons. The SMILES string of the molecule is CCOC(=O)c1ncc(OC)cc1OCC1CCCN1C(=O)C1CCC(C(F)(F)F)CC1. The Morgan fingerprint density at radius 2 is 1.91 bits per heavy atom. The van der Waals surface area contributed by atoms with Crippen LogP contribution in [0.1, 0.15) is 55.9 Å². The average Bonchev–Trinajstić information content (AvgIpc) is 3.25. The zero-order chi connectivity index (χ0) is 23.3. The van der Waals surface area contributed by atoms with Crippen molar-refractivity contribution in [3.05, 3.63) is 18.0 Å². The van der Waals surface area contributed by atoms with Crippen LogP contribution in [0.25, 0.3) is 0 Å². The summed E-state index contributed by atoms with van der Waals surface area (Å²) in [6, 6.07) is 1.32. The van der Waals surface area contributed by atoms with E-state index in [9.17, 15) is 22.8 Å². The lowest BCUT2D eigenvalue weighted by molar-refractivity contribution is -0.185. The maximum absolute atomic E-state index is 13.0. The second-order valence-corrected chi connectivity index (χ2v) is 8.17. The number of esters is 1. The van der Waals surface area contributed by atoms with E-state index in [1.165, 1.54) is 13.3 Å². The molecule has 2 heterocycles. The largest absolute Gasteiger partial charge is 0.495 e. The van der Waals surface area contributed by atoms with Gasteiger partial charge in [-0.25, -0.2) is 9.78 Å². The standard InChI is InChI=1S/C22H29F3N2O5/c1-3-31-21(29)19-18(11-17(30-2)12-26-19)32-13-16-5-4-10-27(16)20(28)14-6-8-15(9-7-14)22(23,24)25/h11-12,14-16H,3-10,13H2,1-2H3. The van der Waals surface area contributed by atoms with Crippen molar-refractivity contribution < 1.29 is 37.0 Å². The molecule has 32 heavy (non-hydrogen) atoms. The molecule has 1 aromatic heterocycles. The summed E-state index contributed by atoms with van der Waals surface area (Å²) in [5.74, 6) is -1.81. The molecule has 2 fully saturated rings. The maximum Gasteiger partial charge on any atom is 0.391 e. The van der Waals surface area contributed by atoms with Gasteiger partial charge in [0.1, 0.15) is 12.4 Å². The lowest BCUT2D eigenvalue weighted by atomic mass is 9.81. The summed E-state index contributed by atoms with van der Waals surface area (Å²) in [5.41, 5.74) is 0.0222. The van der Waals surface area contributed by atoms with E-state index in [1.54, 1.807) is 17.9 Å². The molecule has 1 amide bonds. The first-order chi connectivity index (χ1) is 15.2. The van der Waals surface area contributed by atoms with Crippen molar-refractivity contribution in [3.8, 4) is 11.5 Å². The fourth-order valence-electron chi connectivity index (χ4n) is 4.39. The normalized spacial score (nSPS) is 23.7. The number of likely N-dealkylation sites (tertiary alicyclic amines) is 1. The highest BCUT2D eigenvalue weighted by molar-refractivity contribution is 5.90. The van der Waals surface area contributed by atoms with Crippen LogP contribution in [0.3, 0.4) is 0 Å². The Hall–Kier alpha value is -2.52. The van der Waals surface area contributed by atoms with Crippen molar-refractivity contribution in [1.82, 2.24) is 9.88 Å². The predicted octanol–water partition coefficient (Wildman–Crippen LogP) is 4.01. The fraction of sp³-hybridized carbons (Fsp3) is 0.682. The Balaban J connectivity index is 1.63. The number of pyridine rings is 1. The smallest absolute Gasteiger partial charge is 0.391 e. The van der Waals surface area contributed by atoms with Gasteiger partial charge < -0.3 is 19.1 Å². The van der Waals surface area contributed by atoms with Crippen molar-refractivity contribution in [1.29, 1.82) is 0 Å². The van der Waals surface area contributed by atoms with E-state index in [0.717, 1.165) is 12.8 Å². The second-order valence-electron chi connectivity index (χ2n) is 8.17. The summed E-state index contributed by atoms with van der Waals surface area (Å²) in [6.45, 7) is 2.57. The van der Waals surface area contributed by atoms with E-state index in [1.807, 2.05) is 0 Å². The van der Waals surface area contributed by atoms with Crippen LogP contribution in [-0.4, -0.2) is 60.8 Å². The van der Waals surface area contributed by atoms with Crippen molar-refractivity contribution >= 4 is 11.9 Å². The third kappa shape index (κ3) is 5.63. The number of alkyl halides is 3. The minimum atomic E-state index is -4.19. The van der Waals surface area contributed by atoms with Gasteiger partial charge in [-0.3, -0.25) is 4.79 Å². The third-order valence-electron chi connectivity index (χ3n) is 6.16. The van der Waals surface area contributed by atoms with Crippen LogP contribution in [0.5, 0.6) is 11.5 Å². The predicted molar refractivity (Wildman–Crippen MR) is 108 cm³/mol. The van der Waals surface area contributed by atoms with Gasteiger partial charge in [-0.2, -0.15) is 13.2 Å². The van der Waals surface area contributed by atoms with Gasteiger partial charge in [-0.1, -0.05) is 0 Å². The summed E-state index contributed by atoms with van der Waals surface area (Å²) >= 11 is 0. The highest BCUT2D eigenvalue weighted by Gasteiger charge is 2.44. The summed E-state index contributed by atoms with van der Waals surface area (Å²) in [7, 11) is 1.47. The van der Waals surface area contributed by atoms with Crippen LogP contribution in [0.15, 0.2) is 12.3 Å². The molecule has 1 atom stereocenters. The fourth-order valence-corrected chi connectivity index (χ4v) is 4.39. The van der Waals surface area contributed by atoms with Gasteiger partial charge in [-0.05, 0) is 45.4 Å². The molecule has 1 aliphatic carbocycles. The Morgan fingerprint density at radius 3 is 2.53 bits per heavy atom. The van der Waals surface area contributed by atoms with Crippen LogP contribution in [-0.2, 0) is 9.53 Å². The van der Waals surface area contributed by atoms with E-state index in [-0.39, 0.29) is 68.2 Å². The second kappa shape index (κ2) is 10.4. The van der Waals surface area contributed by atoms with Gasteiger partial charge in [0.2, 0.25) is 5.91 Å². The quantitative estimate of drug-likeness (QED) is 0.575. The Labute approximate surface area is 185 Å². The van der Waals surface area contributed by atoms with Crippen LogP contribution >= 0.6 is 0 Å². The number of carbonyl (C=O) groups is 2. The highest BCUT2D eigenvalue weighted by Crippen LogP contribution is 2.40. The van der Waals surface area contributed by atoms with Crippen molar-refractivity contribution in [2.45, 2.75) is 57.7 Å². The molecular weight excluding hydrogens is 429 g/mol. The minimum Gasteiger partial charge on any atom is -0.495 e. The molecule has 10 heteroatoms. The van der Waals surface area contributed by atoms with Gasteiger partial charge in [0.25, 0.3) is 0 Å². The minimum absolute atomic E-state index is 0.00665. The molecule has 0 bridgehead atoms. The molecule has 7 nitrogen and oxygen atoms in total. The van der Waals surface area contributed by atoms with Crippen molar-refractivity contribution in [2.75, 3.05) is 26.9 Å². The number of carbonyl (C=O) groups excluding carboxylic acids is 2. The van der Waals surface area contributed by atoms with Crippen LogP contribution in [0.4, 0.5) is 13.2 Å². The Kier molecular flexibility index (Phi) is 7.84. The maximum atomic E-state index is 13.0. The number of halogens is 3. The molecule has 2 aliphatic rings. The lowest BCUT2D eigenvalue weighted by Gasteiger charge is -2.33. The Bertz CT molecular complexity index is 809. The number of rotatable bonds is 7. The molecule has 1 saturated heterocycles. The lowest BCUT2D eigenvalue weighted by Crippen LogP contribution is -2.44. The molecule has 3 rings (SSSR count). The van der Waals surface area contributed by atoms with Crippen LogP contribution in [0, 0.1) is 11.8 Å². The number of ether oxygens (including phenoxy) is 3. The number of amides is 1. The topological polar surface area (TPSA) is 78.0 Å². The van der Waals surface area contributed by atoms with E-state index >= 15 is 0 Å². The molecule has 1 aliphatic heterocycles. The van der Waals surface area contributed by atoms with Gasteiger partial charge in [0, 0.05) is 18.5 Å². The Morgan fingerprint density at radius 1 is 1.19 bits per heavy atom. The van der Waals surface area contributed by atoms with E-state index < -0.39 is 18.1 Å². The number of methoxy groups -OCH3 is 1. The summed E-state index contributed by atoms with van der Waals surface area (Å²) in [4.78, 5) is 31.0. The molecule has 1 aromatic rings. The average molecular weight is 458 g/mol. The summed E-state index contributed by atoms with van der Waals surface area (Å²) in [5, 5.41) is 0. The first kappa shape index (κ1) is 24.1.